The van der Waals surface area contributed by atoms with Crippen molar-refractivity contribution >= 4 is 17.9 Å². The van der Waals surface area contributed by atoms with Crippen LogP contribution in [0.15, 0.2) is 83.5 Å². The standard InChI is InChI=1S/C30H30FNO2/c1-2-3-4-5-6-7-8-22-9-13-24(14-10-22)25-15-17-26(18-16-25)29-32-28(30(33)34-29)21-23-11-19-27(31)20-12-23/h9-21H,2-8H2,1H3/b28-21-. The zero-order chi connectivity index (χ0) is 23.8. The van der Waals surface area contributed by atoms with Gasteiger partial charge in [0.25, 0.3) is 0 Å². The van der Waals surface area contributed by atoms with Crippen molar-refractivity contribution in [2.45, 2.75) is 51.9 Å². The topological polar surface area (TPSA) is 38.7 Å². The van der Waals surface area contributed by atoms with Crippen molar-refractivity contribution in [2.24, 2.45) is 4.99 Å². The highest BCUT2D eigenvalue weighted by molar-refractivity contribution is 6.12. The third kappa shape index (κ3) is 6.28. The van der Waals surface area contributed by atoms with Crippen LogP contribution in [0, 0.1) is 5.82 Å². The Morgan fingerprint density at radius 1 is 0.765 bits per heavy atom. The van der Waals surface area contributed by atoms with Gasteiger partial charge in [0.2, 0.25) is 5.90 Å². The lowest BCUT2D eigenvalue weighted by molar-refractivity contribution is -0.129. The summed E-state index contributed by atoms with van der Waals surface area (Å²) in [5, 5.41) is 0. The Morgan fingerprint density at radius 2 is 1.35 bits per heavy atom. The van der Waals surface area contributed by atoms with Crippen molar-refractivity contribution in [3.8, 4) is 11.1 Å². The molecule has 0 N–H and O–H groups in total. The molecule has 0 saturated carbocycles. The molecule has 0 aromatic heterocycles. The van der Waals surface area contributed by atoms with Gasteiger partial charge in [-0.25, -0.2) is 14.2 Å². The number of halogens is 1. The van der Waals surface area contributed by atoms with Crippen LogP contribution in [0.25, 0.3) is 17.2 Å². The van der Waals surface area contributed by atoms with Gasteiger partial charge in [0, 0.05) is 5.56 Å². The molecule has 174 valence electrons. The monoisotopic (exact) mass is 455 g/mol. The first-order chi connectivity index (χ1) is 16.6. The minimum Gasteiger partial charge on any atom is -0.402 e. The van der Waals surface area contributed by atoms with Gasteiger partial charge in [-0.15, -0.1) is 0 Å². The van der Waals surface area contributed by atoms with Crippen molar-refractivity contribution < 1.29 is 13.9 Å². The van der Waals surface area contributed by atoms with E-state index in [2.05, 4.69) is 36.2 Å². The van der Waals surface area contributed by atoms with Gasteiger partial charge >= 0.3 is 5.97 Å². The van der Waals surface area contributed by atoms with Gasteiger partial charge in [-0.05, 0) is 65.4 Å². The Balaban J connectivity index is 1.37. The van der Waals surface area contributed by atoms with Crippen molar-refractivity contribution in [2.75, 3.05) is 0 Å². The number of carbonyl (C=O) groups excluding carboxylic acids is 1. The van der Waals surface area contributed by atoms with E-state index < -0.39 is 5.97 Å². The number of aryl methyl sites for hydroxylation is 1. The lowest BCUT2D eigenvalue weighted by Gasteiger charge is -2.06. The molecular formula is C30H30FNO2. The van der Waals surface area contributed by atoms with Gasteiger partial charge in [0.15, 0.2) is 5.70 Å². The second-order valence-corrected chi connectivity index (χ2v) is 8.68. The molecule has 0 bridgehead atoms. The van der Waals surface area contributed by atoms with Crippen LogP contribution in [0.1, 0.15) is 62.1 Å². The maximum absolute atomic E-state index is 13.1. The Hall–Kier alpha value is -3.53. The van der Waals surface area contributed by atoms with Crippen molar-refractivity contribution in [1.82, 2.24) is 0 Å². The predicted molar refractivity (Wildman–Crippen MR) is 136 cm³/mol. The lowest BCUT2D eigenvalue weighted by Crippen LogP contribution is -2.05. The van der Waals surface area contributed by atoms with Gasteiger partial charge in [-0.1, -0.05) is 87.6 Å². The third-order valence-corrected chi connectivity index (χ3v) is 6.03. The largest absolute Gasteiger partial charge is 0.402 e. The number of esters is 1. The van der Waals surface area contributed by atoms with Crippen molar-refractivity contribution in [3.63, 3.8) is 0 Å². The summed E-state index contributed by atoms with van der Waals surface area (Å²) < 4.78 is 18.4. The van der Waals surface area contributed by atoms with Gasteiger partial charge < -0.3 is 4.74 Å². The summed E-state index contributed by atoms with van der Waals surface area (Å²) in [4.78, 5) is 16.5. The predicted octanol–water partition coefficient (Wildman–Crippen LogP) is 7.74. The number of hydrogen-bond donors (Lipinski definition) is 0. The van der Waals surface area contributed by atoms with E-state index in [1.54, 1.807) is 18.2 Å². The molecule has 0 unspecified atom stereocenters. The third-order valence-electron chi connectivity index (χ3n) is 6.03. The number of cyclic esters (lactones) is 1. The first kappa shape index (κ1) is 23.6. The molecule has 3 aromatic rings. The summed E-state index contributed by atoms with van der Waals surface area (Å²) in [6.07, 6.45) is 10.6. The van der Waals surface area contributed by atoms with E-state index in [1.807, 2.05) is 24.3 Å². The average molecular weight is 456 g/mol. The summed E-state index contributed by atoms with van der Waals surface area (Å²) in [6, 6.07) is 22.5. The number of rotatable bonds is 10. The maximum Gasteiger partial charge on any atom is 0.363 e. The molecule has 34 heavy (non-hydrogen) atoms. The molecule has 1 heterocycles. The highest BCUT2D eigenvalue weighted by atomic mass is 19.1. The van der Waals surface area contributed by atoms with Crippen LogP contribution in [0.5, 0.6) is 0 Å². The number of nitrogens with zero attached hydrogens (tertiary/aromatic N) is 1. The number of benzene rings is 3. The molecule has 0 spiro atoms. The van der Waals surface area contributed by atoms with Gasteiger partial charge in [-0.2, -0.15) is 0 Å². The van der Waals surface area contributed by atoms with E-state index in [0.29, 0.717) is 5.56 Å². The second-order valence-electron chi connectivity index (χ2n) is 8.68. The molecule has 3 aromatic carbocycles. The van der Waals surface area contributed by atoms with E-state index in [4.69, 9.17) is 4.74 Å². The van der Waals surface area contributed by atoms with Crippen LogP contribution >= 0.6 is 0 Å². The summed E-state index contributed by atoms with van der Waals surface area (Å²) in [5.41, 5.74) is 5.26. The smallest absolute Gasteiger partial charge is 0.363 e. The molecule has 0 aliphatic carbocycles. The van der Waals surface area contributed by atoms with Crippen LogP contribution < -0.4 is 0 Å². The summed E-state index contributed by atoms with van der Waals surface area (Å²) >= 11 is 0. The van der Waals surface area contributed by atoms with E-state index in [9.17, 15) is 9.18 Å². The first-order valence-corrected chi connectivity index (χ1v) is 12.1. The van der Waals surface area contributed by atoms with Crippen LogP contribution in [0.3, 0.4) is 0 Å². The fourth-order valence-corrected chi connectivity index (χ4v) is 4.03. The zero-order valence-electron chi connectivity index (χ0n) is 19.6. The van der Waals surface area contributed by atoms with Crippen LogP contribution in [-0.2, 0) is 16.0 Å². The number of carbonyl (C=O) groups is 1. The molecule has 0 amide bonds. The Kier molecular flexibility index (Phi) is 8.03. The molecule has 0 atom stereocenters. The summed E-state index contributed by atoms with van der Waals surface area (Å²) in [5.74, 6) is -0.559. The van der Waals surface area contributed by atoms with E-state index in [1.165, 1.54) is 56.2 Å². The molecule has 1 aliphatic heterocycles. The maximum atomic E-state index is 13.1. The first-order valence-electron chi connectivity index (χ1n) is 12.1. The van der Waals surface area contributed by atoms with Crippen LogP contribution in [0.2, 0.25) is 0 Å². The van der Waals surface area contributed by atoms with Gasteiger partial charge in [0.1, 0.15) is 5.82 Å². The van der Waals surface area contributed by atoms with Crippen LogP contribution in [0.4, 0.5) is 4.39 Å². The normalized spacial score (nSPS) is 14.4. The van der Waals surface area contributed by atoms with Gasteiger partial charge in [-0.3, -0.25) is 0 Å². The number of hydrogen-bond acceptors (Lipinski definition) is 3. The highest BCUT2D eigenvalue weighted by Crippen LogP contribution is 2.24. The number of ether oxygens (including phenoxy) is 1. The van der Waals surface area contributed by atoms with E-state index in [-0.39, 0.29) is 17.4 Å². The fourth-order valence-electron chi connectivity index (χ4n) is 4.03. The minimum atomic E-state index is -0.510. The van der Waals surface area contributed by atoms with Crippen molar-refractivity contribution in [3.05, 3.63) is 101 Å². The molecule has 4 rings (SSSR count). The molecule has 0 fully saturated rings. The Morgan fingerprint density at radius 3 is 2.03 bits per heavy atom. The van der Waals surface area contributed by atoms with Gasteiger partial charge in [0.05, 0.1) is 0 Å². The number of unbranched alkanes of at least 4 members (excludes halogenated alkanes) is 5. The molecule has 1 aliphatic rings. The summed E-state index contributed by atoms with van der Waals surface area (Å²) in [6.45, 7) is 2.25. The fraction of sp³-hybridized carbons (Fsp3) is 0.267. The molecule has 3 nitrogen and oxygen atoms in total. The Bertz CT molecular complexity index is 1160. The Labute approximate surface area is 201 Å². The minimum absolute atomic E-state index is 0.201. The van der Waals surface area contributed by atoms with E-state index in [0.717, 1.165) is 23.1 Å². The second kappa shape index (κ2) is 11.6. The molecule has 4 heteroatoms. The van der Waals surface area contributed by atoms with Crippen molar-refractivity contribution in [1.29, 1.82) is 0 Å². The van der Waals surface area contributed by atoms with Crippen LogP contribution in [-0.4, -0.2) is 11.9 Å². The molecule has 0 saturated heterocycles. The molecular weight excluding hydrogens is 425 g/mol. The lowest BCUT2D eigenvalue weighted by atomic mass is 10.00. The SMILES string of the molecule is CCCCCCCCc1ccc(-c2ccc(C3=N/C(=C\c4ccc(F)cc4)C(=O)O3)cc2)cc1. The van der Waals surface area contributed by atoms with E-state index >= 15 is 0 Å². The molecule has 0 radical (unpaired) electrons. The highest BCUT2D eigenvalue weighted by Gasteiger charge is 2.24. The average Bonchev–Trinajstić information content (AvgIpc) is 3.23. The quantitative estimate of drug-likeness (QED) is 0.178. The number of aliphatic imine (C=N–C) groups is 1. The zero-order valence-corrected chi connectivity index (χ0v) is 19.6. The summed E-state index contributed by atoms with van der Waals surface area (Å²) in [7, 11) is 0.